The maximum absolute atomic E-state index is 10.8. The minimum atomic E-state index is -1.24. The molecule has 0 fully saturated rings. The van der Waals surface area contributed by atoms with Gasteiger partial charge in [0.05, 0.1) is 13.1 Å². The SMILES string of the molecule is COc1cc(C(=O)[O-])ccc1OCc1ccc(C)cc1. The van der Waals surface area contributed by atoms with Crippen LogP contribution >= 0.6 is 0 Å². The second-order valence-electron chi connectivity index (χ2n) is 4.43. The molecule has 104 valence electrons. The fourth-order valence-electron chi connectivity index (χ4n) is 1.76. The lowest BCUT2D eigenvalue weighted by Crippen LogP contribution is -2.22. The van der Waals surface area contributed by atoms with Crippen LogP contribution in [-0.2, 0) is 6.61 Å². The van der Waals surface area contributed by atoms with Crippen LogP contribution in [0.4, 0.5) is 0 Å². The average molecular weight is 271 g/mol. The molecule has 0 aliphatic rings. The number of carboxylic acid groups (broad SMARTS) is 1. The molecule has 0 aliphatic carbocycles. The largest absolute Gasteiger partial charge is 0.545 e. The van der Waals surface area contributed by atoms with Gasteiger partial charge in [-0.2, -0.15) is 0 Å². The van der Waals surface area contributed by atoms with Crippen LogP contribution in [0, 0.1) is 6.92 Å². The summed E-state index contributed by atoms with van der Waals surface area (Å²) in [6.45, 7) is 2.41. The average Bonchev–Trinajstić information content (AvgIpc) is 2.46. The van der Waals surface area contributed by atoms with Crippen LogP contribution in [0.1, 0.15) is 21.5 Å². The van der Waals surface area contributed by atoms with Crippen molar-refractivity contribution in [2.45, 2.75) is 13.5 Å². The summed E-state index contributed by atoms with van der Waals surface area (Å²) in [6, 6.07) is 12.4. The Labute approximate surface area is 117 Å². The maximum Gasteiger partial charge on any atom is 0.161 e. The van der Waals surface area contributed by atoms with Gasteiger partial charge in [0.25, 0.3) is 0 Å². The molecule has 4 nitrogen and oxygen atoms in total. The standard InChI is InChI=1S/C16H16O4/c1-11-3-5-12(6-4-11)10-20-14-8-7-13(16(17)18)9-15(14)19-2/h3-9H,10H2,1-2H3,(H,17,18)/p-1. The fourth-order valence-corrected chi connectivity index (χ4v) is 1.76. The molecule has 2 rings (SSSR count). The summed E-state index contributed by atoms with van der Waals surface area (Å²) in [6.07, 6.45) is 0. The zero-order valence-electron chi connectivity index (χ0n) is 11.4. The summed E-state index contributed by atoms with van der Waals surface area (Å²) in [5.41, 5.74) is 2.27. The quantitative estimate of drug-likeness (QED) is 0.834. The number of hydrogen-bond acceptors (Lipinski definition) is 4. The number of carbonyl (C=O) groups excluding carboxylic acids is 1. The smallest absolute Gasteiger partial charge is 0.161 e. The van der Waals surface area contributed by atoms with E-state index >= 15 is 0 Å². The number of carbonyl (C=O) groups is 1. The van der Waals surface area contributed by atoms with E-state index in [1.807, 2.05) is 31.2 Å². The van der Waals surface area contributed by atoms with Crippen molar-refractivity contribution < 1.29 is 19.4 Å². The van der Waals surface area contributed by atoms with Crippen LogP contribution in [-0.4, -0.2) is 13.1 Å². The molecule has 0 saturated carbocycles. The Morgan fingerprint density at radius 2 is 1.80 bits per heavy atom. The zero-order valence-corrected chi connectivity index (χ0v) is 11.4. The Morgan fingerprint density at radius 3 is 2.40 bits per heavy atom. The lowest BCUT2D eigenvalue weighted by Gasteiger charge is -2.12. The molecule has 20 heavy (non-hydrogen) atoms. The first-order valence-corrected chi connectivity index (χ1v) is 6.18. The highest BCUT2D eigenvalue weighted by Crippen LogP contribution is 2.28. The van der Waals surface area contributed by atoms with Gasteiger partial charge in [-0.25, -0.2) is 0 Å². The predicted molar refractivity (Wildman–Crippen MR) is 72.8 cm³/mol. The summed E-state index contributed by atoms with van der Waals surface area (Å²) < 4.78 is 10.8. The molecule has 0 spiro atoms. The molecule has 2 aromatic rings. The molecule has 0 bridgehead atoms. The fraction of sp³-hybridized carbons (Fsp3) is 0.188. The van der Waals surface area contributed by atoms with Crippen LogP contribution in [0.15, 0.2) is 42.5 Å². The Kier molecular flexibility index (Phi) is 4.25. The zero-order chi connectivity index (χ0) is 14.5. The number of carboxylic acids is 1. The number of aryl methyl sites for hydroxylation is 1. The number of hydrogen-bond donors (Lipinski definition) is 0. The highest BCUT2D eigenvalue weighted by molar-refractivity contribution is 5.86. The van der Waals surface area contributed by atoms with E-state index in [9.17, 15) is 9.90 Å². The topological polar surface area (TPSA) is 58.6 Å². The normalized spacial score (nSPS) is 10.1. The van der Waals surface area contributed by atoms with Gasteiger partial charge in [-0.1, -0.05) is 29.8 Å². The monoisotopic (exact) mass is 271 g/mol. The van der Waals surface area contributed by atoms with Gasteiger partial charge in [-0.15, -0.1) is 0 Å². The first-order chi connectivity index (χ1) is 9.60. The van der Waals surface area contributed by atoms with E-state index < -0.39 is 5.97 Å². The van der Waals surface area contributed by atoms with Crippen molar-refractivity contribution in [2.75, 3.05) is 7.11 Å². The molecule has 2 aromatic carbocycles. The molecule has 0 heterocycles. The van der Waals surface area contributed by atoms with Gasteiger partial charge < -0.3 is 19.4 Å². The summed E-state index contributed by atoms with van der Waals surface area (Å²) >= 11 is 0. The second kappa shape index (κ2) is 6.10. The van der Waals surface area contributed by atoms with Crippen molar-refractivity contribution in [3.63, 3.8) is 0 Å². The highest BCUT2D eigenvalue weighted by atomic mass is 16.5. The van der Waals surface area contributed by atoms with E-state index in [0.717, 1.165) is 5.56 Å². The van der Waals surface area contributed by atoms with Gasteiger partial charge in [-0.05, 0) is 30.7 Å². The van der Waals surface area contributed by atoms with Crippen LogP contribution < -0.4 is 14.6 Å². The second-order valence-corrected chi connectivity index (χ2v) is 4.43. The summed E-state index contributed by atoms with van der Waals surface area (Å²) in [5.74, 6) is -0.370. The van der Waals surface area contributed by atoms with Gasteiger partial charge in [0.1, 0.15) is 6.61 Å². The minimum Gasteiger partial charge on any atom is -0.545 e. The third-order valence-corrected chi connectivity index (χ3v) is 2.91. The number of benzene rings is 2. The van der Waals surface area contributed by atoms with Crippen LogP contribution in [0.25, 0.3) is 0 Å². The Hall–Kier alpha value is -2.49. The van der Waals surface area contributed by atoms with Gasteiger partial charge in [0, 0.05) is 5.56 Å². The molecule has 0 N–H and O–H groups in total. The lowest BCUT2D eigenvalue weighted by molar-refractivity contribution is -0.255. The molecule has 0 radical (unpaired) electrons. The van der Waals surface area contributed by atoms with E-state index in [2.05, 4.69) is 0 Å². The molecule has 0 aromatic heterocycles. The Balaban J connectivity index is 2.12. The van der Waals surface area contributed by atoms with Gasteiger partial charge in [-0.3, -0.25) is 0 Å². The van der Waals surface area contributed by atoms with Crippen LogP contribution in [0.3, 0.4) is 0 Å². The summed E-state index contributed by atoms with van der Waals surface area (Å²) in [5, 5.41) is 10.8. The van der Waals surface area contributed by atoms with Crippen molar-refractivity contribution in [1.29, 1.82) is 0 Å². The van der Waals surface area contributed by atoms with E-state index in [4.69, 9.17) is 9.47 Å². The minimum absolute atomic E-state index is 0.0598. The van der Waals surface area contributed by atoms with Crippen molar-refractivity contribution in [3.8, 4) is 11.5 Å². The molecule has 0 saturated heterocycles. The molecule has 0 atom stereocenters. The van der Waals surface area contributed by atoms with Crippen molar-refractivity contribution in [2.24, 2.45) is 0 Å². The first-order valence-electron chi connectivity index (χ1n) is 6.18. The van der Waals surface area contributed by atoms with E-state index in [-0.39, 0.29) is 5.56 Å². The summed E-state index contributed by atoms with van der Waals surface area (Å²) in [7, 11) is 1.47. The molecule has 0 aliphatic heterocycles. The van der Waals surface area contributed by atoms with Crippen molar-refractivity contribution in [3.05, 3.63) is 59.2 Å². The van der Waals surface area contributed by atoms with Crippen LogP contribution in [0.2, 0.25) is 0 Å². The molecular weight excluding hydrogens is 256 g/mol. The summed E-state index contributed by atoms with van der Waals surface area (Å²) in [4.78, 5) is 10.8. The third kappa shape index (κ3) is 3.29. The van der Waals surface area contributed by atoms with E-state index in [1.54, 1.807) is 6.07 Å². The predicted octanol–water partition coefficient (Wildman–Crippen LogP) is 1.95. The number of methoxy groups -OCH3 is 1. The third-order valence-electron chi connectivity index (χ3n) is 2.91. The Bertz CT molecular complexity index is 602. The number of ether oxygens (including phenoxy) is 2. The van der Waals surface area contributed by atoms with Gasteiger partial charge in [0.2, 0.25) is 0 Å². The van der Waals surface area contributed by atoms with Crippen molar-refractivity contribution >= 4 is 5.97 Å². The molecule has 0 amide bonds. The lowest BCUT2D eigenvalue weighted by atomic mass is 10.1. The Morgan fingerprint density at radius 1 is 1.10 bits per heavy atom. The van der Waals surface area contributed by atoms with Gasteiger partial charge in [0.15, 0.2) is 11.5 Å². The highest BCUT2D eigenvalue weighted by Gasteiger charge is 2.06. The maximum atomic E-state index is 10.8. The van der Waals surface area contributed by atoms with Gasteiger partial charge >= 0.3 is 0 Å². The molecule has 4 heteroatoms. The van der Waals surface area contributed by atoms with E-state index in [1.165, 1.54) is 24.8 Å². The number of rotatable bonds is 5. The van der Waals surface area contributed by atoms with Crippen molar-refractivity contribution in [1.82, 2.24) is 0 Å². The molecule has 0 unspecified atom stereocenters. The molecular formula is C16H15O4-. The van der Waals surface area contributed by atoms with E-state index in [0.29, 0.717) is 18.1 Å². The number of aromatic carboxylic acids is 1. The first kappa shape index (κ1) is 13.9. The van der Waals surface area contributed by atoms with Crippen LogP contribution in [0.5, 0.6) is 11.5 Å².